The molecule has 0 saturated carbocycles. The Hall–Kier alpha value is -3.15. The first-order chi connectivity index (χ1) is 11.5. The maximum absolute atomic E-state index is 12.1. The third-order valence-electron chi connectivity index (χ3n) is 4.00. The van der Waals surface area contributed by atoms with E-state index in [4.69, 9.17) is 4.42 Å². The fraction of sp³-hybridized carbons (Fsp3) is 0.167. The zero-order valence-corrected chi connectivity index (χ0v) is 13.3. The van der Waals surface area contributed by atoms with Crippen LogP contribution in [0.15, 0.2) is 70.1 Å². The van der Waals surface area contributed by atoms with Crippen LogP contribution in [0.5, 0.6) is 0 Å². The van der Waals surface area contributed by atoms with Crippen LogP contribution in [0.3, 0.4) is 0 Å². The smallest absolute Gasteiger partial charge is 0.285 e. The van der Waals surface area contributed by atoms with Gasteiger partial charge in [-0.3, -0.25) is 14.9 Å². The van der Waals surface area contributed by atoms with E-state index in [1.54, 1.807) is 31.2 Å². The van der Waals surface area contributed by atoms with Crippen molar-refractivity contribution in [2.75, 3.05) is 0 Å². The number of hydrogen-bond acceptors (Lipinski definition) is 5. The highest BCUT2D eigenvalue weighted by Crippen LogP contribution is 2.41. The van der Waals surface area contributed by atoms with Crippen LogP contribution in [-0.2, 0) is 4.79 Å². The first-order valence-corrected chi connectivity index (χ1v) is 7.46. The molecule has 0 spiro atoms. The Labute approximate surface area is 138 Å². The summed E-state index contributed by atoms with van der Waals surface area (Å²) in [5.41, 5.74) is 1.91. The SMILES string of the molecule is CC(=O)C1=C(C)NC(c2ccccc2)=C([N+](=O)[O-])C1c1ccco1. The molecule has 0 fully saturated rings. The minimum absolute atomic E-state index is 0.0908. The van der Waals surface area contributed by atoms with E-state index in [1.807, 2.05) is 18.2 Å². The normalized spacial score (nSPS) is 17.7. The monoisotopic (exact) mass is 324 g/mol. The van der Waals surface area contributed by atoms with E-state index in [1.165, 1.54) is 13.2 Å². The van der Waals surface area contributed by atoms with E-state index >= 15 is 0 Å². The van der Waals surface area contributed by atoms with Gasteiger partial charge in [0.1, 0.15) is 17.4 Å². The van der Waals surface area contributed by atoms with E-state index in [0.29, 0.717) is 28.3 Å². The third kappa shape index (κ3) is 2.62. The summed E-state index contributed by atoms with van der Waals surface area (Å²) < 4.78 is 5.41. The number of furan rings is 1. The van der Waals surface area contributed by atoms with E-state index in [2.05, 4.69) is 5.32 Å². The van der Waals surface area contributed by atoms with Gasteiger partial charge in [0.15, 0.2) is 5.78 Å². The highest BCUT2D eigenvalue weighted by Gasteiger charge is 2.42. The predicted octanol–water partition coefficient (Wildman–Crippen LogP) is 3.47. The number of nitro groups is 1. The number of carbonyl (C=O) groups is 1. The Bertz CT molecular complexity index is 848. The predicted molar refractivity (Wildman–Crippen MR) is 88.3 cm³/mol. The molecule has 0 radical (unpaired) electrons. The molecule has 1 N–H and O–H groups in total. The Morgan fingerprint density at radius 3 is 2.46 bits per heavy atom. The Morgan fingerprint density at radius 1 is 1.21 bits per heavy atom. The third-order valence-corrected chi connectivity index (χ3v) is 4.00. The standard InChI is InChI=1S/C18H16N2O4/c1-11-15(12(2)21)16(14-9-6-10-24-14)18(20(22)23)17(19-11)13-7-4-3-5-8-13/h3-10,16,19H,1-2H3. The molecule has 24 heavy (non-hydrogen) atoms. The van der Waals surface area contributed by atoms with Gasteiger partial charge in [-0.2, -0.15) is 0 Å². The molecule has 0 bridgehead atoms. The quantitative estimate of drug-likeness (QED) is 0.687. The summed E-state index contributed by atoms with van der Waals surface area (Å²) in [6.45, 7) is 3.15. The molecular formula is C18H16N2O4. The van der Waals surface area contributed by atoms with Crippen LogP contribution >= 0.6 is 0 Å². The summed E-state index contributed by atoms with van der Waals surface area (Å²) in [4.78, 5) is 23.5. The van der Waals surface area contributed by atoms with Crippen LogP contribution in [0, 0.1) is 10.1 Å². The van der Waals surface area contributed by atoms with E-state index in [0.717, 1.165) is 0 Å². The summed E-state index contributed by atoms with van der Waals surface area (Å²) in [7, 11) is 0. The highest BCUT2D eigenvalue weighted by atomic mass is 16.6. The highest BCUT2D eigenvalue weighted by molar-refractivity contribution is 5.97. The molecule has 0 amide bonds. The van der Waals surface area contributed by atoms with Gasteiger partial charge in [0, 0.05) is 16.8 Å². The summed E-state index contributed by atoms with van der Waals surface area (Å²) in [5.74, 6) is -0.696. The van der Waals surface area contributed by atoms with Crippen molar-refractivity contribution in [2.24, 2.45) is 0 Å². The summed E-state index contributed by atoms with van der Waals surface area (Å²) >= 11 is 0. The number of nitrogens with zero attached hydrogens (tertiary/aromatic N) is 1. The van der Waals surface area contributed by atoms with E-state index in [9.17, 15) is 14.9 Å². The summed E-state index contributed by atoms with van der Waals surface area (Å²) in [5, 5.41) is 14.9. The van der Waals surface area contributed by atoms with Crippen LogP contribution in [0.2, 0.25) is 0 Å². The minimum atomic E-state index is -0.844. The molecule has 2 aromatic rings. The molecule has 2 heterocycles. The lowest BCUT2D eigenvalue weighted by Crippen LogP contribution is -2.30. The summed E-state index contributed by atoms with van der Waals surface area (Å²) in [6, 6.07) is 12.3. The van der Waals surface area contributed by atoms with Crippen molar-refractivity contribution in [1.29, 1.82) is 0 Å². The zero-order valence-electron chi connectivity index (χ0n) is 13.3. The van der Waals surface area contributed by atoms with Crippen LogP contribution in [0.25, 0.3) is 5.70 Å². The van der Waals surface area contributed by atoms with Gasteiger partial charge in [0.2, 0.25) is 0 Å². The number of carbonyl (C=O) groups excluding carboxylic acids is 1. The number of benzene rings is 1. The number of dihydropyridines is 1. The lowest BCUT2D eigenvalue weighted by Gasteiger charge is -2.26. The molecular weight excluding hydrogens is 308 g/mol. The number of nitrogens with one attached hydrogen (secondary N) is 1. The van der Waals surface area contributed by atoms with Crippen molar-refractivity contribution >= 4 is 11.5 Å². The molecule has 1 aliphatic heterocycles. The molecule has 1 aromatic carbocycles. The van der Waals surface area contributed by atoms with Gasteiger partial charge >= 0.3 is 0 Å². The molecule has 1 aliphatic rings. The van der Waals surface area contributed by atoms with Crippen molar-refractivity contribution < 1.29 is 14.1 Å². The topological polar surface area (TPSA) is 85.4 Å². The number of hydrogen-bond donors (Lipinski definition) is 1. The number of allylic oxidation sites excluding steroid dienone is 2. The molecule has 6 nitrogen and oxygen atoms in total. The fourth-order valence-electron chi connectivity index (χ4n) is 3.04. The molecule has 0 saturated heterocycles. The molecule has 6 heteroatoms. The number of rotatable bonds is 4. The molecule has 122 valence electrons. The first-order valence-electron chi connectivity index (χ1n) is 7.46. The summed E-state index contributed by atoms with van der Waals surface area (Å²) in [6.07, 6.45) is 1.45. The van der Waals surface area contributed by atoms with Crippen LogP contribution in [0.1, 0.15) is 31.1 Å². The first kappa shape index (κ1) is 15.7. The Balaban J connectivity index is 2.28. The molecule has 1 atom stereocenters. The largest absolute Gasteiger partial charge is 0.468 e. The molecule has 1 unspecified atom stereocenters. The van der Waals surface area contributed by atoms with Crippen LogP contribution < -0.4 is 5.32 Å². The minimum Gasteiger partial charge on any atom is -0.468 e. The Kier molecular flexibility index (Phi) is 4.04. The maximum atomic E-state index is 12.1. The second-order valence-corrected chi connectivity index (χ2v) is 5.55. The van der Waals surface area contributed by atoms with Crippen molar-refractivity contribution in [3.05, 3.63) is 87.1 Å². The van der Waals surface area contributed by atoms with Gasteiger partial charge in [0.05, 0.1) is 11.2 Å². The van der Waals surface area contributed by atoms with Gasteiger partial charge < -0.3 is 9.73 Å². The van der Waals surface area contributed by atoms with Crippen molar-refractivity contribution in [2.45, 2.75) is 19.8 Å². The molecule has 0 aliphatic carbocycles. The van der Waals surface area contributed by atoms with Crippen molar-refractivity contribution in [3.63, 3.8) is 0 Å². The van der Waals surface area contributed by atoms with Gasteiger partial charge in [-0.1, -0.05) is 30.3 Å². The van der Waals surface area contributed by atoms with Crippen molar-refractivity contribution in [1.82, 2.24) is 5.32 Å². The van der Waals surface area contributed by atoms with Gasteiger partial charge in [0.25, 0.3) is 5.70 Å². The lowest BCUT2D eigenvalue weighted by molar-refractivity contribution is -0.428. The average molecular weight is 324 g/mol. The van der Waals surface area contributed by atoms with Gasteiger partial charge in [-0.05, 0) is 26.0 Å². The Morgan fingerprint density at radius 2 is 1.92 bits per heavy atom. The maximum Gasteiger partial charge on any atom is 0.285 e. The number of ketones is 1. The van der Waals surface area contributed by atoms with Gasteiger partial charge in [-0.25, -0.2) is 0 Å². The molecule has 3 rings (SSSR count). The number of Topliss-reactive ketones (excluding diaryl/α,β-unsaturated/α-hetero) is 1. The van der Waals surface area contributed by atoms with E-state index < -0.39 is 10.8 Å². The van der Waals surface area contributed by atoms with Crippen LogP contribution in [-0.4, -0.2) is 10.7 Å². The van der Waals surface area contributed by atoms with E-state index in [-0.39, 0.29) is 11.5 Å². The fourth-order valence-corrected chi connectivity index (χ4v) is 3.04. The molecule has 1 aromatic heterocycles. The van der Waals surface area contributed by atoms with Gasteiger partial charge in [-0.15, -0.1) is 0 Å². The zero-order chi connectivity index (χ0) is 17.3. The van der Waals surface area contributed by atoms with Crippen molar-refractivity contribution in [3.8, 4) is 0 Å². The second-order valence-electron chi connectivity index (χ2n) is 5.55. The van der Waals surface area contributed by atoms with Crippen LogP contribution in [0.4, 0.5) is 0 Å². The second kappa shape index (κ2) is 6.16. The lowest BCUT2D eigenvalue weighted by atomic mass is 9.84. The average Bonchev–Trinajstić information content (AvgIpc) is 3.08.